The molecular formula is C28H25BrN2O. The maximum absolute atomic E-state index is 6.20. The lowest BCUT2D eigenvalue weighted by molar-refractivity contribution is 0.482. The number of fused-ring (bicyclic) bond motifs is 3. The second-order valence-electron chi connectivity index (χ2n) is 9.13. The fourth-order valence-corrected chi connectivity index (χ4v) is 4.48. The van der Waals surface area contributed by atoms with Gasteiger partial charge in [-0.3, -0.25) is 0 Å². The number of halogens is 1. The molecule has 0 radical (unpaired) electrons. The molecule has 0 N–H and O–H groups in total. The van der Waals surface area contributed by atoms with Crippen molar-refractivity contribution in [1.29, 1.82) is 0 Å². The van der Waals surface area contributed by atoms with Crippen molar-refractivity contribution in [2.45, 2.75) is 32.7 Å². The van der Waals surface area contributed by atoms with Gasteiger partial charge in [0.15, 0.2) is 0 Å². The van der Waals surface area contributed by atoms with E-state index in [-0.39, 0.29) is 5.41 Å². The van der Waals surface area contributed by atoms with Crippen molar-refractivity contribution in [3.05, 3.63) is 101 Å². The average Bonchev–Trinajstić information content (AvgIpc) is 2.78. The fourth-order valence-electron chi connectivity index (χ4n) is 4.11. The Kier molecular flexibility index (Phi) is 5.26. The minimum atomic E-state index is 0.0554. The van der Waals surface area contributed by atoms with Gasteiger partial charge in [-0.25, -0.2) is 4.98 Å². The fraction of sp³-hybridized carbons (Fsp3) is 0.179. The normalized spacial score (nSPS) is 12.8. The lowest BCUT2D eigenvalue weighted by Crippen LogP contribution is -2.23. The summed E-state index contributed by atoms with van der Waals surface area (Å²) in [6, 6.07) is 27.1. The number of rotatable bonds is 3. The van der Waals surface area contributed by atoms with Crippen LogP contribution in [0.25, 0.3) is 11.1 Å². The van der Waals surface area contributed by atoms with Crippen LogP contribution in [0, 0.1) is 0 Å². The molecular weight excluding hydrogens is 460 g/mol. The van der Waals surface area contributed by atoms with Gasteiger partial charge in [0.2, 0.25) is 0 Å². The van der Waals surface area contributed by atoms with Crippen LogP contribution in [-0.2, 0) is 12.0 Å². The maximum atomic E-state index is 6.20. The molecule has 5 rings (SSSR count). The van der Waals surface area contributed by atoms with Gasteiger partial charge in [0.1, 0.15) is 17.3 Å². The summed E-state index contributed by atoms with van der Waals surface area (Å²) in [4.78, 5) is 7.04. The zero-order valence-corrected chi connectivity index (χ0v) is 20.1. The summed E-state index contributed by atoms with van der Waals surface area (Å²) in [5.41, 5.74) is 6.18. The van der Waals surface area contributed by atoms with Crippen LogP contribution in [0.3, 0.4) is 0 Å². The molecule has 0 fully saturated rings. The number of hydrogen-bond acceptors (Lipinski definition) is 3. The third-order valence-electron chi connectivity index (χ3n) is 5.82. The molecule has 1 aliphatic heterocycles. The highest BCUT2D eigenvalue weighted by Gasteiger charge is 2.25. The SMILES string of the molecule is CC(C)(C)c1ccnc(N2Cc3ccccc3-c3ccc(Oc4cccc(Br)c4)cc32)c1. The number of benzene rings is 3. The van der Waals surface area contributed by atoms with E-state index in [0.29, 0.717) is 0 Å². The van der Waals surface area contributed by atoms with Crippen LogP contribution in [0.1, 0.15) is 31.9 Å². The lowest BCUT2D eigenvalue weighted by atomic mass is 9.87. The van der Waals surface area contributed by atoms with Crippen molar-refractivity contribution in [3.8, 4) is 22.6 Å². The van der Waals surface area contributed by atoms with E-state index >= 15 is 0 Å². The largest absolute Gasteiger partial charge is 0.457 e. The van der Waals surface area contributed by atoms with E-state index in [1.807, 2.05) is 36.5 Å². The van der Waals surface area contributed by atoms with E-state index in [1.54, 1.807) is 0 Å². The number of ether oxygens (including phenoxy) is 1. The molecule has 3 nitrogen and oxygen atoms in total. The summed E-state index contributed by atoms with van der Waals surface area (Å²) < 4.78 is 7.19. The van der Waals surface area contributed by atoms with Crippen LogP contribution >= 0.6 is 15.9 Å². The predicted molar refractivity (Wildman–Crippen MR) is 135 cm³/mol. The third-order valence-corrected chi connectivity index (χ3v) is 6.31. The molecule has 0 bridgehead atoms. The maximum Gasteiger partial charge on any atom is 0.133 e. The number of anilines is 2. The van der Waals surface area contributed by atoms with Crippen LogP contribution in [0.2, 0.25) is 0 Å². The molecule has 160 valence electrons. The van der Waals surface area contributed by atoms with Crippen LogP contribution in [-0.4, -0.2) is 4.98 Å². The molecule has 32 heavy (non-hydrogen) atoms. The van der Waals surface area contributed by atoms with Crippen molar-refractivity contribution in [1.82, 2.24) is 4.98 Å². The molecule has 0 atom stereocenters. The van der Waals surface area contributed by atoms with Crippen LogP contribution in [0.15, 0.2) is 89.5 Å². The minimum absolute atomic E-state index is 0.0554. The molecule has 4 heteroatoms. The average molecular weight is 485 g/mol. The van der Waals surface area contributed by atoms with Crippen LogP contribution in [0.4, 0.5) is 11.5 Å². The second kappa shape index (κ2) is 8.10. The Morgan fingerprint density at radius 2 is 1.66 bits per heavy atom. The number of pyridine rings is 1. The Balaban J connectivity index is 1.61. The van der Waals surface area contributed by atoms with Gasteiger partial charge in [-0.2, -0.15) is 0 Å². The smallest absolute Gasteiger partial charge is 0.133 e. The molecule has 0 saturated carbocycles. The summed E-state index contributed by atoms with van der Waals surface area (Å²) >= 11 is 3.52. The molecule has 0 amide bonds. The van der Waals surface area contributed by atoms with Crippen LogP contribution < -0.4 is 9.64 Å². The third kappa shape index (κ3) is 4.03. The molecule has 0 aliphatic carbocycles. The van der Waals surface area contributed by atoms with E-state index in [1.165, 1.54) is 22.3 Å². The molecule has 1 aromatic heterocycles. The van der Waals surface area contributed by atoms with Gasteiger partial charge in [0.25, 0.3) is 0 Å². The minimum Gasteiger partial charge on any atom is -0.457 e. The van der Waals surface area contributed by atoms with Crippen molar-refractivity contribution in [2.75, 3.05) is 4.90 Å². The topological polar surface area (TPSA) is 25.4 Å². The summed E-state index contributed by atoms with van der Waals surface area (Å²) in [5.74, 6) is 2.56. The van der Waals surface area contributed by atoms with Gasteiger partial charge in [0.05, 0.1) is 12.2 Å². The first-order valence-electron chi connectivity index (χ1n) is 10.8. The van der Waals surface area contributed by atoms with Crippen LogP contribution in [0.5, 0.6) is 11.5 Å². The first-order valence-corrected chi connectivity index (χ1v) is 11.6. The second-order valence-corrected chi connectivity index (χ2v) is 10.1. The van der Waals surface area contributed by atoms with E-state index < -0.39 is 0 Å². The lowest BCUT2D eigenvalue weighted by Gasteiger charge is -2.33. The van der Waals surface area contributed by atoms with E-state index in [4.69, 9.17) is 9.72 Å². The monoisotopic (exact) mass is 484 g/mol. The Morgan fingerprint density at radius 1 is 0.844 bits per heavy atom. The highest BCUT2D eigenvalue weighted by Crippen LogP contribution is 2.44. The zero-order valence-electron chi connectivity index (χ0n) is 18.5. The predicted octanol–water partition coefficient (Wildman–Crippen LogP) is 8.25. The molecule has 4 aromatic rings. The van der Waals surface area contributed by atoms with Gasteiger partial charge in [-0.15, -0.1) is 0 Å². The molecule has 3 aromatic carbocycles. The highest BCUT2D eigenvalue weighted by atomic mass is 79.9. The van der Waals surface area contributed by atoms with Gasteiger partial charge < -0.3 is 9.64 Å². The Morgan fingerprint density at radius 3 is 2.47 bits per heavy atom. The number of aromatic nitrogens is 1. The van der Waals surface area contributed by atoms with Gasteiger partial charge in [-0.1, -0.05) is 67.0 Å². The Hall–Kier alpha value is -3.11. The first-order chi connectivity index (χ1) is 15.4. The molecule has 1 aliphatic rings. The van der Waals surface area contributed by atoms with E-state index in [2.05, 4.69) is 90.1 Å². The van der Waals surface area contributed by atoms with E-state index in [9.17, 15) is 0 Å². The van der Waals surface area contributed by atoms with Gasteiger partial charge in [0, 0.05) is 22.3 Å². The first kappa shape index (κ1) is 20.8. The molecule has 0 spiro atoms. The van der Waals surface area contributed by atoms with Crippen molar-refractivity contribution in [2.24, 2.45) is 0 Å². The Labute approximate surface area is 197 Å². The number of hydrogen-bond donors (Lipinski definition) is 0. The highest BCUT2D eigenvalue weighted by molar-refractivity contribution is 9.10. The summed E-state index contributed by atoms with van der Waals surface area (Å²) in [6.45, 7) is 7.46. The zero-order chi connectivity index (χ0) is 22.3. The quantitative estimate of drug-likeness (QED) is 0.292. The molecule has 0 saturated heterocycles. The van der Waals surface area contributed by atoms with Gasteiger partial charge in [-0.05, 0) is 64.6 Å². The summed E-state index contributed by atoms with van der Waals surface area (Å²) in [6.07, 6.45) is 1.91. The van der Waals surface area contributed by atoms with Crippen molar-refractivity contribution < 1.29 is 4.74 Å². The summed E-state index contributed by atoms with van der Waals surface area (Å²) in [5, 5.41) is 0. The standard InChI is InChI=1S/C28H25BrN2O/c1-28(2,3)20-13-14-30-27(15-20)31-18-19-7-4-5-10-24(19)25-12-11-23(17-26(25)31)32-22-9-6-8-21(29)16-22/h4-17H,18H2,1-3H3. The summed E-state index contributed by atoms with van der Waals surface area (Å²) in [7, 11) is 0. The van der Waals surface area contributed by atoms with E-state index in [0.717, 1.165) is 34.0 Å². The number of nitrogens with zero attached hydrogens (tertiary/aromatic N) is 2. The van der Waals surface area contributed by atoms with Gasteiger partial charge >= 0.3 is 0 Å². The Bertz CT molecular complexity index is 1290. The molecule has 0 unspecified atom stereocenters. The van der Waals surface area contributed by atoms with Crippen molar-refractivity contribution >= 4 is 27.4 Å². The van der Waals surface area contributed by atoms with Crippen molar-refractivity contribution in [3.63, 3.8) is 0 Å². The molecule has 2 heterocycles.